The van der Waals surface area contributed by atoms with E-state index in [0.717, 1.165) is 0 Å². The lowest BCUT2D eigenvalue weighted by Gasteiger charge is -2.53. The number of halogens is 3. The Kier molecular flexibility index (Phi) is 1.95. The quantitative estimate of drug-likeness (QED) is 0.660. The molecule has 4 heteroatoms. The minimum Gasteiger partial charge on any atom is -0.330 e. The molecule has 1 nitrogen and oxygen atoms in total. The predicted molar refractivity (Wildman–Crippen MR) is 40.6 cm³/mol. The van der Waals surface area contributed by atoms with Gasteiger partial charge in [-0.05, 0) is 18.3 Å². The van der Waals surface area contributed by atoms with Crippen LogP contribution in [0, 0.1) is 10.8 Å². The standard InChI is InChI=1S/C8H14F3N/c1-6(2)3-7(4-6,5-12)8(9,10)11/h3-5,12H2,1-2H3. The summed E-state index contributed by atoms with van der Waals surface area (Å²) >= 11 is 0. The lowest BCUT2D eigenvalue weighted by molar-refractivity contribution is -0.273. The minimum absolute atomic E-state index is 0.167. The van der Waals surface area contributed by atoms with Gasteiger partial charge in [-0.15, -0.1) is 0 Å². The third-order valence-electron chi connectivity index (χ3n) is 2.63. The van der Waals surface area contributed by atoms with Crippen LogP contribution in [-0.2, 0) is 0 Å². The van der Waals surface area contributed by atoms with E-state index < -0.39 is 11.6 Å². The molecule has 12 heavy (non-hydrogen) atoms. The number of hydrogen-bond donors (Lipinski definition) is 1. The molecule has 0 heterocycles. The van der Waals surface area contributed by atoms with Crippen molar-refractivity contribution in [3.05, 3.63) is 0 Å². The van der Waals surface area contributed by atoms with Crippen LogP contribution in [0.1, 0.15) is 26.7 Å². The molecule has 0 aromatic rings. The zero-order valence-electron chi connectivity index (χ0n) is 7.33. The van der Waals surface area contributed by atoms with E-state index in [1.54, 1.807) is 0 Å². The van der Waals surface area contributed by atoms with Gasteiger partial charge in [0.2, 0.25) is 0 Å². The molecule has 0 atom stereocenters. The van der Waals surface area contributed by atoms with Gasteiger partial charge in [0.25, 0.3) is 0 Å². The molecule has 1 rings (SSSR count). The SMILES string of the molecule is CC1(C)CC(CN)(C(F)(F)F)C1. The van der Waals surface area contributed by atoms with E-state index in [1.807, 2.05) is 13.8 Å². The Morgan fingerprint density at radius 3 is 1.75 bits per heavy atom. The highest BCUT2D eigenvalue weighted by Gasteiger charge is 2.63. The van der Waals surface area contributed by atoms with E-state index in [9.17, 15) is 13.2 Å². The van der Waals surface area contributed by atoms with Crippen molar-refractivity contribution in [3.8, 4) is 0 Å². The van der Waals surface area contributed by atoms with Crippen molar-refractivity contribution in [2.45, 2.75) is 32.9 Å². The highest BCUT2D eigenvalue weighted by molar-refractivity contribution is 5.03. The molecule has 0 amide bonds. The van der Waals surface area contributed by atoms with Crippen molar-refractivity contribution in [2.75, 3.05) is 6.54 Å². The van der Waals surface area contributed by atoms with E-state index >= 15 is 0 Å². The van der Waals surface area contributed by atoms with Crippen LogP contribution in [0.15, 0.2) is 0 Å². The van der Waals surface area contributed by atoms with Gasteiger partial charge >= 0.3 is 6.18 Å². The highest BCUT2D eigenvalue weighted by atomic mass is 19.4. The number of rotatable bonds is 1. The molecule has 1 fully saturated rings. The van der Waals surface area contributed by atoms with Crippen LogP contribution in [0.2, 0.25) is 0 Å². The molecule has 0 unspecified atom stereocenters. The first kappa shape index (κ1) is 9.84. The van der Waals surface area contributed by atoms with Crippen molar-refractivity contribution < 1.29 is 13.2 Å². The van der Waals surface area contributed by atoms with Gasteiger partial charge in [-0.1, -0.05) is 13.8 Å². The Morgan fingerprint density at radius 2 is 1.67 bits per heavy atom. The lowest BCUT2D eigenvalue weighted by atomic mass is 9.54. The largest absolute Gasteiger partial charge is 0.395 e. The van der Waals surface area contributed by atoms with Gasteiger partial charge in [0, 0.05) is 6.54 Å². The maximum Gasteiger partial charge on any atom is 0.395 e. The van der Waals surface area contributed by atoms with Gasteiger partial charge in [-0.25, -0.2) is 0 Å². The summed E-state index contributed by atoms with van der Waals surface area (Å²) in [5.74, 6) is 0. The first-order valence-electron chi connectivity index (χ1n) is 3.99. The van der Waals surface area contributed by atoms with Gasteiger partial charge in [0.1, 0.15) is 0 Å². The van der Waals surface area contributed by atoms with Crippen LogP contribution in [-0.4, -0.2) is 12.7 Å². The highest BCUT2D eigenvalue weighted by Crippen LogP contribution is 2.60. The van der Waals surface area contributed by atoms with Gasteiger partial charge in [-0.2, -0.15) is 13.2 Å². The summed E-state index contributed by atoms with van der Waals surface area (Å²) in [7, 11) is 0. The molecular formula is C8H14F3N. The summed E-state index contributed by atoms with van der Waals surface area (Å²) in [6, 6.07) is 0. The van der Waals surface area contributed by atoms with Crippen molar-refractivity contribution >= 4 is 0 Å². The summed E-state index contributed by atoms with van der Waals surface area (Å²) < 4.78 is 37.3. The fourth-order valence-electron chi connectivity index (χ4n) is 2.24. The van der Waals surface area contributed by atoms with E-state index in [-0.39, 0.29) is 24.8 Å². The van der Waals surface area contributed by atoms with Crippen molar-refractivity contribution in [1.29, 1.82) is 0 Å². The normalized spacial score (nSPS) is 26.5. The van der Waals surface area contributed by atoms with Crippen molar-refractivity contribution in [1.82, 2.24) is 0 Å². The molecule has 0 aromatic carbocycles. The Hall–Kier alpha value is -0.250. The third-order valence-corrected chi connectivity index (χ3v) is 2.63. The maximum atomic E-state index is 12.4. The van der Waals surface area contributed by atoms with E-state index in [1.165, 1.54) is 0 Å². The summed E-state index contributed by atoms with van der Waals surface area (Å²) in [6.07, 6.45) is -3.79. The predicted octanol–water partition coefficient (Wildman–Crippen LogP) is 2.31. The summed E-state index contributed by atoms with van der Waals surface area (Å²) in [5, 5.41) is 0. The minimum atomic E-state index is -4.13. The molecule has 0 spiro atoms. The van der Waals surface area contributed by atoms with Crippen LogP contribution in [0.4, 0.5) is 13.2 Å². The van der Waals surface area contributed by atoms with Crippen LogP contribution < -0.4 is 5.73 Å². The first-order chi connectivity index (χ1) is 5.22. The summed E-state index contributed by atoms with van der Waals surface area (Å²) in [6.45, 7) is 3.40. The fraction of sp³-hybridized carbons (Fsp3) is 1.00. The van der Waals surface area contributed by atoms with Crippen molar-refractivity contribution in [3.63, 3.8) is 0 Å². The molecule has 1 aliphatic carbocycles. The second-order valence-electron chi connectivity index (χ2n) is 4.50. The Morgan fingerprint density at radius 1 is 1.25 bits per heavy atom. The zero-order chi connectivity index (χ0) is 9.62. The zero-order valence-corrected chi connectivity index (χ0v) is 7.33. The Balaban J connectivity index is 2.72. The molecule has 72 valence electrons. The molecular weight excluding hydrogens is 167 g/mol. The molecule has 0 aliphatic heterocycles. The Bertz CT molecular complexity index is 175. The van der Waals surface area contributed by atoms with Gasteiger partial charge in [0.15, 0.2) is 0 Å². The van der Waals surface area contributed by atoms with Crippen LogP contribution >= 0.6 is 0 Å². The van der Waals surface area contributed by atoms with Crippen LogP contribution in [0.25, 0.3) is 0 Å². The topological polar surface area (TPSA) is 26.0 Å². The first-order valence-corrected chi connectivity index (χ1v) is 3.99. The van der Waals surface area contributed by atoms with Gasteiger partial charge in [-0.3, -0.25) is 0 Å². The summed E-state index contributed by atoms with van der Waals surface area (Å²) in [4.78, 5) is 0. The molecule has 0 bridgehead atoms. The third kappa shape index (κ3) is 1.32. The van der Waals surface area contributed by atoms with E-state index in [4.69, 9.17) is 5.73 Å². The molecule has 0 aromatic heterocycles. The fourth-order valence-corrected chi connectivity index (χ4v) is 2.24. The van der Waals surface area contributed by atoms with Crippen LogP contribution in [0.3, 0.4) is 0 Å². The molecule has 1 saturated carbocycles. The average Bonchev–Trinajstić information content (AvgIpc) is 1.78. The summed E-state index contributed by atoms with van der Waals surface area (Å²) in [5.41, 5.74) is 3.38. The lowest BCUT2D eigenvalue weighted by Crippen LogP contribution is -2.56. The van der Waals surface area contributed by atoms with Crippen LogP contribution in [0.5, 0.6) is 0 Å². The molecule has 1 aliphatic rings. The monoisotopic (exact) mass is 181 g/mol. The molecule has 0 saturated heterocycles. The van der Waals surface area contributed by atoms with Crippen molar-refractivity contribution in [2.24, 2.45) is 16.6 Å². The second-order valence-corrected chi connectivity index (χ2v) is 4.50. The number of alkyl halides is 3. The Labute approximate surface area is 70.1 Å². The number of hydrogen-bond acceptors (Lipinski definition) is 1. The van der Waals surface area contributed by atoms with E-state index in [0.29, 0.717) is 0 Å². The van der Waals surface area contributed by atoms with Gasteiger partial charge < -0.3 is 5.73 Å². The molecule has 2 N–H and O–H groups in total. The number of nitrogens with two attached hydrogens (primary N) is 1. The van der Waals surface area contributed by atoms with E-state index in [2.05, 4.69) is 0 Å². The second kappa shape index (κ2) is 2.37. The molecule has 0 radical (unpaired) electrons. The maximum absolute atomic E-state index is 12.4. The smallest absolute Gasteiger partial charge is 0.330 e. The average molecular weight is 181 g/mol. The van der Waals surface area contributed by atoms with Gasteiger partial charge in [0.05, 0.1) is 5.41 Å².